The van der Waals surface area contributed by atoms with E-state index in [2.05, 4.69) is 4.74 Å². The number of hydrogen-bond donors (Lipinski definition) is 1. The van der Waals surface area contributed by atoms with Crippen LogP contribution in [0.4, 0.5) is 0 Å². The van der Waals surface area contributed by atoms with E-state index in [1.807, 2.05) is 0 Å². The highest BCUT2D eigenvalue weighted by Crippen LogP contribution is 2.09. The zero-order chi connectivity index (χ0) is 6.69. The Kier molecular flexibility index (Phi) is 2.05. The Labute approximate surface area is 53.6 Å². The summed E-state index contributed by atoms with van der Waals surface area (Å²) in [7, 11) is 0. The number of ether oxygens (including phenoxy) is 1. The van der Waals surface area contributed by atoms with Crippen molar-refractivity contribution in [3.05, 3.63) is 19.3 Å². The molecule has 0 aliphatic carbocycles. The summed E-state index contributed by atoms with van der Waals surface area (Å²) in [6.07, 6.45) is 4.07. The van der Waals surface area contributed by atoms with E-state index in [1.54, 1.807) is 12.8 Å². The molecule has 1 aliphatic rings. The van der Waals surface area contributed by atoms with Gasteiger partial charge in [0.05, 0.1) is 13.0 Å². The van der Waals surface area contributed by atoms with Crippen LogP contribution < -0.4 is 0 Å². The number of hydrogen-bond acceptors (Lipinski definition) is 3. The van der Waals surface area contributed by atoms with Crippen molar-refractivity contribution in [2.75, 3.05) is 6.61 Å². The quantitative estimate of drug-likeness (QED) is 0.484. The van der Waals surface area contributed by atoms with E-state index < -0.39 is 12.1 Å². The largest absolute Gasteiger partial charge is 0.459 e. The van der Waals surface area contributed by atoms with Gasteiger partial charge in [-0.3, -0.25) is 4.79 Å². The Balaban J connectivity index is 2.32. The van der Waals surface area contributed by atoms with Crippen LogP contribution in [0, 0.1) is 19.3 Å². The van der Waals surface area contributed by atoms with Crippen LogP contribution in [0.15, 0.2) is 0 Å². The van der Waals surface area contributed by atoms with Gasteiger partial charge in [0.25, 0.3) is 0 Å². The molecule has 0 spiro atoms. The molecule has 9 heavy (non-hydrogen) atoms. The van der Waals surface area contributed by atoms with Gasteiger partial charge in [-0.05, 0) is 6.42 Å². The maximum Gasteiger partial charge on any atom is 0.310 e. The molecule has 0 bridgehead atoms. The third kappa shape index (κ3) is 1.68. The predicted molar refractivity (Wildman–Crippen MR) is 29.9 cm³/mol. The second-order valence-electron chi connectivity index (χ2n) is 1.71. The van der Waals surface area contributed by atoms with Gasteiger partial charge in [0.2, 0.25) is 0 Å². The highest BCUT2D eigenvalue weighted by molar-refractivity contribution is 5.82. The van der Waals surface area contributed by atoms with E-state index in [-0.39, 0.29) is 6.61 Å². The fourth-order valence-electron chi connectivity index (χ4n) is 0.584. The number of aliphatic hydroxyl groups excluding tert-OH is 1. The molecule has 0 saturated carbocycles. The van der Waals surface area contributed by atoms with E-state index in [4.69, 9.17) is 5.11 Å². The lowest BCUT2D eigenvalue weighted by Crippen LogP contribution is -2.27. The van der Waals surface area contributed by atoms with Crippen LogP contribution in [0.5, 0.6) is 0 Å². The molecular weight excluding hydrogens is 120 g/mol. The van der Waals surface area contributed by atoms with Crippen LogP contribution >= 0.6 is 0 Å². The molecule has 3 heteroatoms. The van der Waals surface area contributed by atoms with Crippen LogP contribution in [0.1, 0.15) is 0 Å². The molecule has 1 atom stereocenters. The van der Waals surface area contributed by atoms with Crippen LogP contribution in [0.25, 0.3) is 0 Å². The van der Waals surface area contributed by atoms with Crippen molar-refractivity contribution in [3.63, 3.8) is 0 Å². The zero-order valence-electron chi connectivity index (χ0n) is 4.78. The Hall–Kier alpha value is -0.570. The Morgan fingerprint density at radius 2 is 2.56 bits per heavy atom. The second-order valence-corrected chi connectivity index (χ2v) is 1.71. The summed E-state index contributed by atoms with van der Waals surface area (Å²) in [4.78, 5) is 10.4. The highest BCUT2D eigenvalue weighted by Gasteiger charge is 2.19. The molecule has 0 unspecified atom stereocenters. The standard InChI is InChI=1S/C6H7O3/c7-4-5-2-1-3-6(8)9-5/h1-3,5,7H,4H2/t5-/m0/s1. The Morgan fingerprint density at radius 3 is 3.00 bits per heavy atom. The van der Waals surface area contributed by atoms with E-state index >= 15 is 0 Å². The zero-order valence-corrected chi connectivity index (χ0v) is 4.78. The van der Waals surface area contributed by atoms with Gasteiger partial charge in [-0.25, -0.2) is 0 Å². The maximum absolute atomic E-state index is 10.4. The van der Waals surface area contributed by atoms with E-state index in [1.165, 1.54) is 6.42 Å². The van der Waals surface area contributed by atoms with Crippen molar-refractivity contribution in [1.29, 1.82) is 0 Å². The van der Waals surface area contributed by atoms with Gasteiger partial charge in [0.15, 0.2) is 0 Å². The molecule has 1 aliphatic heterocycles. The molecule has 0 amide bonds. The van der Waals surface area contributed by atoms with Gasteiger partial charge >= 0.3 is 5.97 Å². The van der Waals surface area contributed by atoms with E-state index in [9.17, 15) is 4.79 Å². The van der Waals surface area contributed by atoms with E-state index in [0.29, 0.717) is 0 Å². The molecule has 1 rings (SSSR count). The van der Waals surface area contributed by atoms with Crippen molar-refractivity contribution in [2.24, 2.45) is 0 Å². The summed E-state index contributed by atoms with van der Waals surface area (Å²) in [5.41, 5.74) is 0. The fraction of sp³-hybridized carbons (Fsp3) is 0.333. The van der Waals surface area contributed by atoms with Crippen LogP contribution in [-0.4, -0.2) is 23.8 Å². The summed E-state index contributed by atoms with van der Waals surface area (Å²) in [6, 6.07) is 0. The number of rotatable bonds is 1. The molecule has 3 nitrogen and oxygen atoms in total. The molecule has 1 N–H and O–H groups in total. The van der Waals surface area contributed by atoms with Gasteiger partial charge in [-0.15, -0.1) is 0 Å². The first-order chi connectivity index (χ1) is 4.33. The molecule has 3 radical (unpaired) electrons. The molecule has 0 aromatic heterocycles. The minimum absolute atomic E-state index is 0.143. The van der Waals surface area contributed by atoms with Gasteiger partial charge < -0.3 is 9.84 Å². The van der Waals surface area contributed by atoms with Gasteiger partial charge in [0.1, 0.15) is 6.10 Å². The summed E-state index contributed by atoms with van der Waals surface area (Å²) >= 11 is 0. The van der Waals surface area contributed by atoms with Crippen LogP contribution in [0.2, 0.25) is 0 Å². The molecule has 1 heterocycles. The number of cyclic esters (lactones) is 1. The summed E-state index contributed by atoms with van der Waals surface area (Å²) < 4.78 is 4.60. The van der Waals surface area contributed by atoms with Crippen molar-refractivity contribution in [3.8, 4) is 0 Å². The number of aliphatic hydroxyl groups is 1. The minimum Gasteiger partial charge on any atom is -0.459 e. The Bertz CT molecular complexity index is 111. The molecule has 1 saturated heterocycles. The lowest BCUT2D eigenvalue weighted by molar-refractivity contribution is -0.146. The molecule has 1 fully saturated rings. The molecule has 0 aromatic rings. The molecule has 49 valence electrons. The van der Waals surface area contributed by atoms with Crippen LogP contribution in [0.3, 0.4) is 0 Å². The SMILES string of the molecule is O=C1[CH][CH][CH][C@@H](CO)O1. The number of esters is 1. The van der Waals surface area contributed by atoms with Crippen LogP contribution in [-0.2, 0) is 9.53 Å². The fourth-order valence-corrected chi connectivity index (χ4v) is 0.584. The number of carbonyl (C=O) groups is 1. The van der Waals surface area contributed by atoms with Crippen molar-refractivity contribution in [2.45, 2.75) is 6.10 Å². The number of carbonyl (C=O) groups excluding carboxylic acids is 1. The lowest BCUT2D eigenvalue weighted by Gasteiger charge is -2.18. The summed E-state index contributed by atoms with van der Waals surface area (Å²) in [5.74, 6) is -0.392. The average Bonchev–Trinajstić information content (AvgIpc) is 1.88. The normalized spacial score (nSPS) is 27.7. The molecular formula is C6H7O3. The minimum atomic E-state index is -0.442. The molecule has 0 aromatic carbocycles. The third-order valence-electron chi connectivity index (χ3n) is 1.01. The van der Waals surface area contributed by atoms with Crippen molar-refractivity contribution in [1.82, 2.24) is 0 Å². The average molecular weight is 127 g/mol. The van der Waals surface area contributed by atoms with Crippen molar-refractivity contribution < 1.29 is 14.6 Å². The maximum atomic E-state index is 10.4. The van der Waals surface area contributed by atoms with Crippen molar-refractivity contribution >= 4 is 5.97 Å². The third-order valence-corrected chi connectivity index (χ3v) is 1.01. The topological polar surface area (TPSA) is 46.5 Å². The van der Waals surface area contributed by atoms with E-state index in [0.717, 1.165) is 0 Å². The smallest absolute Gasteiger partial charge is 0.310 e. The highest BCUT2D eigenvalue weighted by atomic mass is 16.6. The Morgan fingerprint density at radius 1 is 1.78 bits per heavy atom. The predicted octanol–water partition coefficient (Wildman–Crippen LogP) is -0.483. The lowest BCUT2D eigenvalue weighted by atomic mass is 10.1. The second kappa shape index (κ2) is 2.82. The first-order valence-electron chi connectivity index (χ1n) is 2.66. The monoisotopic (exact) mass is 127 g/mol. The first kappa shape index (κ1) is 6.55. The first-order valence-corrected chi connectivity index (χ1v) is 2.66. The van der Waals surface area contributed by atoms with Gasteiger partial charge in [0, 0.05) is 6.42 Å². The summed E-state index contributed by atoms with van der Waals surface area (Å²) in [6.45, 7) is -0.143. The van der Waals surface area contributed by atoms with Gasteiger partial charge in [-0.1, -0.05) is 0 Å². The van der Waals surface area contributed by atoms with Gasteiger partial charge in [-0.2, -0.15) is 0 Å². The summed E-state index contributed by atoms with van der Waals surface area (Å²) in [5, 5.41) is 8.47.